The zero-order valence-corrected chi connectivity index (χ0v) is 11.5. The van der Waals surface area contributed by atoms with Crippen molar-refractivity contribution in [3.05, 3.63) is 41.7 Å². The highest BCUT2D eigenvalue weighted by atomic mass is 16.5. The summed E-state index contributed by atoms with van der Waals surface area (Å²) in [5.41, 5.74) is 2.87. The fourth-order valence-electron chi connectivity index (χ4n) is 1.62. The molecule has 0 spiro atoms. The summed E-state index contributed by atoms with van der Waals surface area (Å²) in [5, 5.41) is 9.05. The van der Waals surface area contributed by atoms with Gasteiger partial charge in [-0.3, -0.25) is 0 Å². The number of anilines is 1. The highest BCUT2D eigenvalue weighted by Gasteiger charge is 2.09. The van der Waals surface area contributed by atoms with Crippen LogP contribution in [-0.4, -0.2) is 16.6 Å². The molecule has 0 aliphatic rings. The SMILES string of the molecule is CCOCc1nc(NN)cc(Oc2ccccc2C#N)n1. The number of nitrogens with one attached hydrogen (secondary N) is 1. The van der Waals surface area contributed by atoms with Crippen LogP contribution in [0.15, 0.2) is 30.3 Å². The van der Waals surface area contributed by atoms with Gasteiger partial charge in [0, 0.05) is 12.7 Å². The average molecular weight is 285 g/mol. The molecule has 1 aromatic carbocycles. The number of nitriles is 1. The van der Waals surface area contributed by atoms with Crippen molar-refractivity contribution in [2.24, 2.45) is 5.84 Å². The second-order valence-corrected chi connectivity index (χ2v) is 4.00. The molecule has 108 valence electrons. The fourth-order valence-corrected chi connectivity index (χ4v) is 1.62. The molecule has 2 rings (SSSR count). The molecule has 21 heavy (non-hydrogen) atoms. The molecule has 1 heterocycles. The van der Waals surface area contributed by atoms with Gasteiger partial charge in [-0.1, -0.05) is 12.1 Å². The Morgan fingerprint density at radius 3 is 2.86 bits per heavy atom. The number of rotatable bonds is 6. The number of aromatic nitrogens is 2. The number of nitrogen functional groups attached to an aromatic ring is 1. The topological polar surface area (TPSA) is 106 Å². The number of hydrogen-bond donors (Lipinski definition) is 2. The zero-order valence-electron chi connectivity index (χ0n) is 11.5. The van der Waals surface area contributed by atoms with Crippen molar-refractivity contribution in [2.75, 3.05) is 12.0 Å². The van der Waals surface area contributed by atoms with E-state index in [1.807, 2.05) is 6.92 Å². The van der Waals surface area contributed by atoms with E-state index in [1.165, 1.54) is 0 Å². The second-order valence-electron chi connectivity index (χ2n) is 4.00. The predicted octanol–water partition coefficient (Wildman–Crippen LogP) is 1.96. The molecule has 0 aliphatic carbocycles. The molecule has 0 unspecified atom stereocenters. The Morgan fingerprint density at radius 1 is 1.33 bits per heavy atom. The standard InChI is InChI=1S/C14H15N5O2/c1-2-20-9-13-17-12(19-16)7-14(18-13)21-11-6-4-3-5-10(11)8-15/h3-7H,2,9,16H2,1H3,(H,17,18,19). The van der Waals surface area contributed by atoms with Crippen molar-refractivity contribution < 1.29 is 9.47 Å². The van der Waals surface area contributed by atoms with Gasteiger partial charge in [0.15, 0.2) is 5.82 Å². The van der Waals surface area contributed by atoms with Gasteiger partial charge in [0.2, 0.25) is 5.88 Å². The zero-order chi connectivity index (χ0) is 15.1. The minimum Gasteiger partial charge on any atom is -0.437 e. The molecule has 2 aromatic rings. The third-order valence-electron chi connectivity index (χ3n) is 2.55. The molecule has 0 fully saturated rings. The molecule has 0 saturated carbocycles. The molecule has 0 atom stereocenters. The Hall–Kier alpha value is -2.69. The molecule has 0 aliphatic heterocycles. The van der Waals surface area contributed by atoms with Crippen molar-refractivity contribution in [1.82, 2.24) is 9.97 Å². The van der Waals surface area contributed by atoms with Crippen LogP contribution < -0.4 is 16.0 Å². The largest absolute Gasteiger partial charge is 0.437 e. The van der Waals surface area contributed by atoms with Crippen LogP contribution in [0.1, 0.15) is 18.3 Å². The van der Waals surface area contributed by atoms with Crippen molar-refractivity contribution >= 4 is 5.82 Å². The number of nitrogens with two attached hydrogens (primary N) is 1. The first-order chi connectivity index (χ1) is 10.3. The highest BCUT2D eigenvalue weighted by molar-refractivity contribution is 5.45. The summed E-state index contributed by atoms with van der Waals surface area (Å²) in [7, 11) is 0. The number of ether oxygens (including phenoxy) is 2. The van der Waals surface area contributed by atoms with Crippen molar-refractivity contribution in [1.29, 1.82) is 5.26 Å². The van der Waals surface area contributed by atoms with Crippen LogP contribution in [-0.2, 0) is 11.3 Å². The minimum absolute atomic E-state index is 0.252. The Bertz CT molecular complexity index is 654. The van der Waals surface area contributed by atoms with Crippen LogP contribution in [0.25, 0.3) is 0 Å². The molecule has 0 saturated heterocycles. The normalized spacial score (nSPS) is 9.95. The minimum atomic E-state index is 0.252. The lowest BCUT2D eigenvalue weighted by Crippen LogP contribution is -2.11. The van der Waals surface area contributed by atoms with Crippen molar-refractivity contribution in [2.45, 2.75) is 13.5 Å². The monoisotopic (exact) mass is 285 g/mol. The molecule has 0 radical (unpaired) electrons. The van der Waals surface area contributed by atoms with Gasteiger partial charge in [0.1, 0.15) is 24.2 Å². The third kappa shape index (κ3) is 3.89. The Morgan fingerprint density at radius 2 is 2.14 bits per heavy atom. The fraction of sp³-hybridized carbons (Fsp3) is 0.214. The summed E-state index contributed by atoms with van der Waals surface area (Å²) in [4.78, 5) is 8.38. The molecule has 0 bridgehead atoms. The number of para-hydroxylation sites is 1. The lowest BCUT2D eigenvalue weighted by atomic mass is 10.2. The number of benzene rings is 1. The van der Waals surface area contributed by atoms with E-state index in [9.17, 15) is 0 Å². The summed E-state index contributed by atoms with van der Waals surface area (Å²) >= 11 is 0. The third-order valence-corrected chi connectivity index (χ3v) is 2.55. The van der Waals surface area contributed by atoms with Gasteiger partial charge >= 0.3 is 0 Å². The number of nitrogens with zero attached hydrogens (tertiary/aromatic N) is 3. The van der Waals surface area contributed by atoms with Crippen LogP contribution in [0.2, 0.25) is 0 Å². The van der Waals surface area contributed by atoms with Gasteiger partial charge in [0.05, 0.1) is 5.56 Å². The van der Waals surface area contributed by atoms with Gasteiger partial charge in [-0.05, 0) is 19.1 Å². The van der Waals surface area contributed by atoms with Crippen LogP contribution in [0.5, 0.6) is 11.6 Å². The van der Waals surface area contributed by atoms with Gasteiger partial charge in [-0.15, -0.1) is 0 Å². The van der Waals surface area contributed by atoms with Gasteiger partial charge in [-0.25, -0.2) is 10.8 Å². The van der Waals surface area contributed by atoms with E-state index in [0.717, 1.165) is 0 Å². The van der Waals surface area contributed by atoms with Crippen LogP contribution in [0.4, 0.5) is 5.82 Å². The molecule has 7 heteroatoms. The van der Waals surface area contributed by atoms with E-state index >= 15 is 0 Å². The Balaban J connectivity index is 2.28. The maximum absolute atomic E-state index is 9.05. The van der Waals surface area contributed by atoms with Crippen molar-refractivity contribution in [3.63, 3.8) is 0 Å². The van der Waals surface area contributed by atoms with E-state index in [4.69, 9.17) is 20.6 Å². The smallest absolute Gasteiger partial charge is 0.224 e. The first kappa shape index (κ1) is 14.7. The van der Waals surface area contributed by atoms with Crippen LogP contribution in [0.3, 0.4) is 0 Å². The summed E-state index contributed by atoms with van der Waals surface area (Å²) in [6.07, 6.45) is 0. The maximum Gasteiger partial charge on any atom is 0.224 e. The van der Waals surface area contributed by atoms with Crippen molar-refractivity contribution in [3.8, 4) is 17.7 Å². The quantitative estimate of drug-likeness (QED) is 0.617. The molecular formula is C14H15N5O2. The van der Waals surface area contributed by atoms with E-state index in [2.05, 4.69) is 21.5 Å². The maximum atomic E-state index is 9.05. The first-order valence-corrected chi connectivity index (χ1v) is 6.36. The lowest BCUT2D eigenvalue weighted by molar-refractivity contribution is 0.128. The van der Waals surface area contributed by atoms with E-state index in [-0.39, 0.29) is 12.5 Å². The summed E-state index contributed by atoms with van der Waals surface area (Å²) in [6, 6.07) is 10.5. The molecule has 1 aromatic heterocycles. The Labute approximate surface area is 122 Å². The van der Waals surface area contributed by atoms with Crippen LogP contribution >= 0.6 is 0 Å². The molecule has 7 nitrogen and oxygen atoms in total. The number of hydrogen-bond acceptors (Lipinski definition) is 7. The molecule has 0 amide bonds. The first-order valence-electron chi connectivity index (χ1n) is 6.36. The predicted molar refractivity (Wildman–Crippen MR) is 76.4 cm³/mol. The summed E-state index contributed by atoms with van der Waals surface area (Å²) < 4.78 is 10.9. The van der Waals surface area contributed by atoms with Gasteiger partial charge in [-0.2, -0.15) is 10.2 Å². The van der Waals surface area contributed by atoms with E-state index in [1.54, 1.807) is 30.3 Å². The molecule has 3 N–H and O–H groups in total. The molecular weight excluding hydrogens is 270 g/mol. The van der Waals surface area contributed by atoms with E-state index < -0.39 is 0 Å². The second kappa shape index (κ2) is 7.19. The van der Waals surface area contributed by atoms with Crippen LogP contribution in [0, 0.1) is 11.3 Å². The van der Waals surface area contributed by atoms with E-state index in [0.29, 0.717) is 29.6 Å². The van der Waals surface area contributed by atoms with Gasteiger partial charge < -0.3 is 14.9 Å². The Kier molecular flexibility index (Phi) is 5.04. The number of hydrazine groups is 1. The summed E-state index contributed by atoms with van der Waals surface area (Å²) in [5.74, 6) is 6.93. The lowest BCUT2D eigenvalue weighted by Gasteiger charge is -2.09. The van der Waals surface area contributed by atoms with Gasteiger partial charge in [0.25, 0.3) is 0 Å². The summed E-state index contributed by atoms with van der Waals surface area (Å²) in [6.45, 7) is 2.69. The highest BCUT2D eigenvalue weighted by Crippen LogP contribution is 2.24. The average Bonchev–Trinajstić information content (AvgIpc) is 2.53.